The van der Waals surface area contributed by atoms with E-state index in [4.69, 9.17) is 28.1 Å². The van der Waals surface area contributed by atoms with E-state index in [0.717, 1.165) is 67.1 Å². The first kappa shape index (κ1) is 41.9. The van der Waals surface area contributed by atoms with Gasteiger partial charge in [-0.3, -0.25) is 14.4 Å². The van der Waals surface area contributed by atoms with Crippen molar-refractivity contribution in [2.45, 2.75) is 71.3 Å². The summed E-state index contributed by atoms with van der Waals surface area (Å²) in [6.07, 6.45) is 4.09. The molecule has 2 aliphatic rings. The van der Waals surface area contributed by atoms with Gasteiger partial charge in [-0.25, -0.2) is 0 Å². The van der Waals surface area contributed by atoms with Gasteiger partial charge in [0.2, 0.25) is 17.7 Å². The summed E-state index contributed by atoms with van der Waals surface area (Å²) in [5.41, 5.74) is 3.19. The van der Waals surface area contributed by atoms with E-state index in [-0.39, 0.29) is 49.9 Å². The molecule has 6 rings (SSSR count). The minimum atomic E-state index is -0.148. The maximum absolute atomic E-state index is 11.5. The number of benzene rings is 3. The zero-order valence-electron chi connectivity index (χ0n) is 31.0. The van der Waals surface area contributed by atoms with E-state index in [2.05, 4.69) is 16.0 Å². The molecule has 3 heterocycles. The molecule has 0 spiro atoms. The third-order valence-corrected chi connectivity index (χ3v) is 8.09. The Hall–Kier alpha value is -4.85. The Morgan fingerprint density at radius 3 is 1.57 bits per heavy atom. The summed E-state index contributed by atoms with van der Waals surface area (Å²) in [7, 11) is 0. The van der Waals surface area contributed by atoms with E-state index < -0.39 is 0 Å². The van der Waals surface area contributed by atoms with E-state index >= 15 is 0 Å². The van der Waals surface area contributed by atoms with Crippen molar-refractivity contribution in [1.82, 2.24) is 16.0 Å². The number of aryl methyl sites for hydroxylation is 1. The van der Waals surface area contributed by atoms with Crippen LogP contribution in [0.4, 0.5) is 0 Å². The minimum Gasteiger partial charge on any atom is -0.465 e. The molecule has 2 atom stereocenters. The zero-order valence-corrected chi connectivity index (χ0v) is 31.0. The highest BCUT2D eigenvalue weighted by atomic mass is 16.5. The van der Waals surface area contributed by atoms with Gasteiger partial charge in [0.15, 0.2) is 0 Å². The van der Waals surface area contributed by atoms with Gasteiger partial charge in [-0.05, 0) is 61.4 Å². The van der Waals surface area contributed by atoms with Crippen molar-refractivity contribution in [2.75, 3.05) is 39.6 Å². The number of hydrogen-bond donors (Lipinski definition) is 3. The van der Waals surface area contributed by atoms with Crippen molar-refractivity contribution in [3.8, 4) is 0 Å². The summed E-state index contributed by atoms with van der Waals surface area (Å²) in [5.74, 6) is 1.23. The Labute approximate surface area is 317 Å². The standard InChI is InChI=1S/C15H17NO3.C14H19NO3.C13H17NO3/c1-12-7-8-14(19-12)9-16-15(17)11-18-10-13-5-3-2-4-6-13;16-14(15-9-13-7-4-8-18-13)11-17-10-12-5-2-1-3-6-12;15-12(14-13-7-4-8-17-13)10-16-9-11-5-2-1-3-6-11/h2-8H,9-11H2,1H3,(H,16,17);1-3,5-6,13H,4,7-11H2,(H,15,16);1-3,5-6,13H,4,7-10H2,(H,14,15)/t;13-;/m.0./s1. The number of hydrogen-bond acceptors (Lipinski definition) is 9. The molecule has 0 saturated carbocycles. The van der Waals surface area contributed by atoms with E-state index in [9.17, 15) is 14.4 Å². The fraction of sp³-hybridized carbons (Fsp3) is 0.405. The largest absolute Gasteiger partial charge is 0.465 e. The molecule has 2 saturated heterocycles. The first-order chi connectivity index (χ1) is 26.4. The lowest BCUT2D eigenvalue weighted by atomic mass is 10.2. The van der Waals surface area contributed by atoms with Gasteiger partial charge in [-0.1, -0.05) is 91.0 Å². The number of amides is 3. The van der Waals surface area contributed by atoms with Crippen LogP contribution in [-0.2, 0) is 64.4 Å². The number of carbonyl (C=O) groups is 3. The van der Waals surface area contributed by atoms with Gasteiger partial charge < -0.3 is 44.1 Å². The Balaban J connectivity index is 0.000000181. The fourth-order valence-corrected chi connectivity index (χ4v) is 5.32. The molecule has 2 fully saturated rings. The van der Waals surface area contributed by atoms with E-state index in [0.29, 0.717) is 32.9 Å². The van der Waals surface area contributed by atoms with Gasteiger partial charge in [0.1, 0.15) is 37.6 Å². The van der Waals surface area contributed by atoms with Crippen LogP contribution in [0.1, 0.15) is 53.9 Å². The van der Waals surface area contributed by atoms with Crippen molar-refractivity contribution >= 4 is 17.7 Å². The van der Waals surface area contributed by atoms with Crippen molar-refractivity contribution in [2.24, 2.45) is 0 Å². The average Bonchev–Trinajstić information content (AvgIpc) is 4.00. The maximum Gasteiger partial charge on any atom is 0.247 e. The molecule has 0 bridgehead atoms. The molecule has 0 aliphatic carbocycles. The third-order valence-electron chi connectivity index (χ3n) is 8.09. The smallest absolute Gasteiger partial charge is 0.247 e. The van der Waals surface area contributed by atoms with Gasteiger partial charge in [-0.15, -0.1) is 0 Å². The van der Waals surface area contributed by atoms with Gasteiger partial charge >= 0.3 is 0 Å². The monoisotopic (exact) mass is 743 g/mol. The van der Waals surface area contributed by atoms with Gasteiger partial charge in [0, 0.05) is 19.8 Å². The quantitative estimate of drug-likeness (QED) is 0.130. The molecule has 3 N–H and O–H groups in total. The van der Waals surface area contributed by atoms with Crippen LogP contribution >= 0.6 is 0 Å². The van der Waals surface area contributed by atoms with Gasteiger partial charge in [-0.2, -0.15) is 0 Å². The highest BCUT2D eigenvalue weighted by Crippen LogP contribution is 2.11. The predicted molar refractivity (Wildman–Crippen MR) is 203 cm³/mol. The number of nitrogens with one attached hydrogen (secondary N) is 3. The molecule has 1 aromatic heterocycles. The molecular formula is C42H53N3O9. The molecule has 3 aromatic carbocycles. The van der Waals surface area contributed by atoms with Crippen LogP contribution in [0.2, 0.25) is 0 Å². The second kappa shape index (κ2) is 25.2. The summed E-state index contributed by atoms with van der Waals surface area (Å²) >= 11 is 0. The lowest BCUT2D eigenvalue weighted by Crippen LogP contribution is -2.36. The van der Waals surface area contributed by atoms with Gasteiger partial charge in [0.25, 0.3) is 0 Å². The average molecular weight is 744 g/mol. The van der Waals surface area contributed by atoms with Crippen LogP contribution in [0.15, 0.2) is 108 Å². The summed E-state index contributed by atoms with van der Waals surface area (Å²) in [6, 6.07) is 33.1. The normalized spacial score (nSPS) is 15.9. The molecule has 4 aromatic rings. The summed E-state index contributed by atoms with van der Waals surface area (Å²) in [5, 5.41) is 8.34. The Kier molecular flexibility index (Phi) is 19.6. The van der Waals surface area contributed by atoms with Crippen LogP contribution in [0.25, 0.3) is 0 Å². The highest BCUT2D eigenvalue weighted by Gasteiger charge is 2.18. The molecule has 2 aliphatic heterocycles. The Bertz CT molecular complexity index is 1610. The fourth-order valence-electron chi connectivity index (χ4n) is 5.32. The van der Waals surface area contributed by atoms with Crippen molar-refractivity contribution in [3.05, 3.63) is 131 Å². The first-order valence-corrected chi connectivity index (χ1v) is 18.4. The molecule has 1 unspecified atom stereocenters. The van der Waals surface area contributed by atoms with E-state index in [1.807, 2.05) is 110 Å². The topological polar surface area (TPSA) is 147 Å². The van der Waals surface area contributed by atoms with Crippen LogP contribution in [0.5, 0.6) is 0 Å². The second-order valence-electron chi connectivity index (χ2n) is 12.7. The van der Waals surface area contributed by atoms with Crippen molar-refractivity contribution in [3.63, 3.8) is 0 Å². The molecular weight excluding hydrogens is 690 g/mol. The Morgan fingerprint density at radius 1 is 0.611 bits per heavy atom. The van der Waals surface area contributed by atoms with Crippen molar-refractivity contribution < 1.29 is 42.5 Å². The number of furan rings is 1. The van der Waals surface area contributed by atoms with E-state index in [1.54, 1.807) is 0 Å². The zero-order chi connectivity index (χ0) is 38.1. The van der Waals surface area contributed by atoms with Gasteiger partial charge in [0.05, 0.1) is 32.5 Å². The number of rotatable bonds is 17. The van der Waals surface area contributed by atoms with Crippen molar-refractivity contribution in [1.29, 1.82) is 0 Å². The van der Waals surface area contributed by atoms with E-state index in [1.165, 1.54) is 0 Å². The molecule has 0 radical (unpaired) electrons. The molecule has 12 nitrogen and oxygen atoms in total. The highest BCUT2D eigenvalue weighted by molar-refractivity contribution is 5.78. The lowest BCUT2D eigenvalue weighted by molar-refractivity contribution is -0.129. The number of carbonyl (C=O) groups excluding carboxylic acids is 3. The van der Waals surface area contributed by atoms with Crippen LogP contribution < -0.4 is 16.0 Å². The summed E-state index contributed by atoms with van der Waals surface area (Å²) in [6.45, 7) is 5.98. The first-order valence-electron chi connectivity index (χ1n) is 18.4. The Morgan fingerprint density at radius 2 is 1.11 bits per heavy atom. The molecule has 3 amide bonds. The second-order valence-corrected chi connectivity index (χ2v) is 12.7. The third kappa shape index (κ3) is 18.3. The molecule has 12 heteroatoms. The summed E-state index contributed by atoms with van der Waals surface area (Å²) in [4.78, 5) is 34.5. The molecule has 54 heavy (non-hydrogen) atoms. The molecule has 290 valence electrons. The summed E-state index contributed by atoms with van der Waals surface area (Å²) < 4.78 is 32.1. The van der Waals surface area contributed by atoms with Crippen LogP contribution in [0.3, 0.4) is 0 Å². The SMILES string of the molecule is Cc1ccc(CNC(=O)COCc2ccccc2)o1.O=C(COCc1ccccc1)NC1CCCO1.O=C(COCc1ccccc1)NC[C@@H]1CCCO1. The predicted octanol–water partition coefficient (Wildman–Crippen LogP) is 5.38. The lowest BCUT2D eigenvalue weighted by Gasteiger charge is -2.11. The maximum atomic E-state index is 11.5. The minimum absolute atomic E-state index is 0.0502. The van der Waals surface area contributed by atoms with Crippen LogP contribution in [0, 0.1) is 6.92 Å². The van der Waals surface area contributed by atoms with Crippen LogP contribution in [-0.4, -0.2) is 69.6 Å². The number of ether oxygens (including phenoxy) is 5.